The molecule has 1 aromatic rings. The van der Waals surface area contributed by atoms with E-state index in [9.17, 15) is 9.59 Å². The molecule has 0 spiro atoms. The van der Waals surface area contributed by atoms with Gasteiger partial charge in [0.1, 0.15) is 5.15 Å². The minimum Gasteiger partial charge on any atom is -0.481 e. The third-order valence-electron chi connectivity index (χ3n) is 2.44. The summed E-state index contributed by atoms with van der Waals surface area (Å²) in [4.78, 5) is 25.9. The molecule has 1 aromatic heterocycles. The van der Waals surface area contributed by atoms with Gasteiger partial charge in [-0.05, 0) is 18.6 Å². The Bertz CT molecular complexity index is 432. The van der Waals surface area contributed by atoms with Gasteiger partial charge in [0.05, 0.1) is 23.7 Å². The van der Waals surface area contributed by atoms with Gasteiger partial charge in [0.15, 0.2) is 0 Å². The Morgan fingerprint density at radius 1 is 1.44 bits per heavy atom. The molecule has 2 rings (SSSR count). The van der Waals surface area contributed by atoms with E-state index >= 15 is 0 Å². The summed E-state index contributed by atoms with van der Waals surface area (Å²) in [5.41, 5.74) is 0.519. The van der Waals surface area contributed by atoms with Crippen molar-refractivity contribution in [2.75, 3.05) is 5.32 Å². The number of pyridine rings is 1. The minimum absolute atomic E-state index is 0.281. The Morgan fingerprint density at radius 2 is 2.19 bits per heavy atom. The predicted octanol–water partition coefficient (Wildman–Crippen LogP) is 1.39. The quantitative estimate of drug-likeness (QED) is 0.783. The van der Waals surface area contributed by atoms with Gasteiger partial charge in [-0.2, -0.15) is 0 Å². The van der Waals surface area contributed by atoms with Crippen LogP contribution in [0.25, 0.3) is 0 Å². The molecule has 1 heterocycles. The molecule has 5 nitrogen and oxygen atoms in total. The van der Waals surface area contributed by atoms with Crippen LogP contribution in [-0.2, 0) is 9.59 Å². The number of hydrogen-bond acceptors (Lipinski definition) is 3. The van der Waals surface area contributed by atoms with Gasteiger partial charge in [-0.15, -0.1) is 0 Å². The number of aromatic nitrogens is 1. The number of anilines is 1. The van der Waals surface area contributed by atoms with Gasteiger partial charge in [-0.3, -0.25) is 9.59 Å². The number of nitrogens with zero attached hydrogens (tertiary/aromatic N) is 1. The second-order valence-corrected chi connectivity index (χ2v) is 4.03. The molecule has 1 fully saturated rings. The van der Waals surface area contributed by atoms with E-state index in [1.165, 1.54) is 6.20 Å². The summed E-state index contributed by atoms with van der Waals surface area (Å²) in [5, 5.41) is 11.6. The van der Waals surface area contributed by atoms with Crippen LogP contribution >= 0.6 is 11.6 Å². The average Bonchev–Trinajstić information content (AvgIpc) is 3.01. The molecule has 0 saturated heterocycles. The number of rotatable bonds is 3. The van der Waals surface area contributed by atoms with Crippen LogP contribution in [0.2, 0.25) is 5.15 Å². The molecule has 16 heavy (non-hydrogen) atoms. The van der Waals surface area contributed by atoms with Gasteiger partial charge in [0.2, 0.25) is 5.91 Å². The van der Waals surface area contributed by atoms with Crippen LogP contribution < -0.4 is 5.32 Å². The minimum atomic E-state index is -0.922. The van der Waals surface area contributed by atoms with Crippen LogP contribution in [-0.4, -0.2) is 22.0 Å². The van der Waals surface area contributed by atoms with E-state index in [4.69, 9.17) is 16.7 Å². The molecule has 6 heteroatoms. The predicted molar refractivity (Wildman–Crippen MR) is 57.1 cm³/mol. The van der Waals surface area contributed by atoms with Crippen molar-refractivity contribution in [3.8, 4) is 0 Å². The van der Waals surface area contributed by atoms with Crippen molar-refractivity contribution in [3.63, 3.8) is 0 Å². The van der Waals surface area contributed by atoms with Gasteiger partial charge in [0, 0.05) is 0 Å². The maximum Gasteiger partial charge on any atom is 0.307 e. The highest BCUT2D eigenvalue weighted by molar-refractivity contribution is 6.29. The Hall–Kier alpha value is -1.62. The fourth-order valence-corrected chi connectivity index (χ4v) is 1.55. The standard InChI is InChI=1S/C10H9ClN2O3/c11-8-2-1-5(4-12-8)13-9(14)6-3-7(6)10(15)16/h1-2,4,6-7H,3H2,(H,13,14)(H,15,16)/t6-,7+/m1/s1. The van der Waals surface area contributed by atoms with E-state index < -0.39 is 17.8 Å². The Morgan fingerprint density at radius 3 is 2.69 bits per heavy atom. The van der Waals surface area contributed by atoms with Crippen LogP contribution in [0.1, 0.15) is 6.42 Å². The van der Waals surface area contributed by atoms with Crippen molar-refractivity contribution in [1.29, 1.82) is 0 Å². The lowest BCUT2D eigenvalue weighted by atomic mass is 10.3. The molecule has 1 amide bonds. The van der Waals surface area contributed by atoms with Crippen LogP contribution in [0.15, 0.2) is 18.3 Å². The molecule has 2 atom stereocenters. The van der Waals surface area contributed by atoms with E-state index in [2.05, 4.69) is 10.3 Å². The molecule has 1 saturated carbocycles. The van der Waals surface area contributed by atoms with Crippen LogP contribution in [0.4, 0.5) is 5.69 Å². The Balaban J connectivity index is 1.94. The fourth-order valence-electron chi connectivity index (χ4n) is 1.44. The first kappa shape index (κ1) is 10.9. The Kier molecular flexibility index (Phi) is 2.78. The number of carbonyl (C=O) groups excluding carboxylic acids is 1. The van der Waals surface area contributed by atoms with Crippen molar-refractivity contribution >= 4 is 29.2 Å². The maximum absolute atomic E-state index is 11.5. The number of nitrogens with one attached hydrogen (secondary N) is 1. The largest absolute Gasteiger partial charge is 0.481 e. The maximum atomic E-state index is 11.5. The SMILES string of the molecule is O=C(O)[C@H]1C[C@H]1C(=O)Nc1ccc(Cl)nc1. The number of hydrogen-bond donors (Lipinski definition) is 2. The summed E-state index contributed by atoms with van der Waals surface area (Å²) in [6.45, 7) is 0. The molecule has 84 valence electrons. The summed E-state index contributed by atoms with van der Waals surface area (Å²) in [5.74, 6) is -2.17. The first-order valence-electron chi connectivity index (χ1n) is 4.73. The molecular weight excluding hydrogens is 232 g/mol. The van der Waals surface area contributed by atoms with E-state index in [1.807, 2.05) is 0 Å². The highest BCUT2D eigenvalue weighted by Crippen LogP contribution is 2.39. The molecule has 0 aromatic carbocycles. The molecule has 0 bridgehead atoms. The van der Waals surface area contributed by atoms with Gasteiger partial charge >= 0.3 is 5.97 Å². The summed E-state index contributed by atoms with van der Waals surface area (Å²) in [7, 11) is 0. The summed E-state index contributed by atoms with van der Waals surface area (Å²) in [6, 6.07) is 3.17. The second-order valence-electron chi connectivity index (χ2n) is 3.65. The number of aliphatic carboxylic acids is 1. The number of carboxylic acid groups (broad SMARTS) is 1. The molecule has 0 radical (unpaired) electrons. The first-order chi connectivity index (χ1) is 7.58. The summed E-state index contributed by atoms with van der Waals surface area (Å²) in [6.07, 6.45) is 1.83. The third kappa shape index (κ3) is 2.30. The topological polar surface area (TPSA) is 79.3 Å². The van der Waals surface area contributed by atoms with Crippen molar-refractivity contribution in [2.45, 2.75) is 6.42 Å². The molecule has 0 aliphatic heterocycles. The molecular formula is C10H9ClN2O3. The van der Waals surface area contributed by atoms with Crippen LogP contribution in [0, 0.1) is 11.8 Å². The first-order valence-corrected chi connectivity index (χ1v) is 5.11. The van der Waals surface area contributed by atoms with E-state index in [0.29, 0.717) is 17.3 Å². The monoisotopic (exact) mass is 240 g/mol. The van der Waals surface area contributed by atoms with Gasteiger partial charge in [-0.1, -0.05) is 11.6 Å². The Labute approximate surface area is 96.4 Å². The van der Waals surface area contributed by atoms with Crippen LogP contribution in [0.5, 0.6) is 0 Å². The summed E-state index contributed by atoms with van der Waals surface area (Å²) >= 11 is 5.59. The number of halogens is 1. The van der Waals surface area contributed by atoms with Crippen molar-refractivity contribution in [1.82, 2.24) is 4.98 Å². The zero-order valence-corrected chi connectivity index (χ0v) is 8.94. The highest BCUT2D eigenvalue weighted by Gasteiger charge is 2.48. The average molecular weight is 241 g/mol. The van der Waals surface area contributed by atoms with E-state index in [-0.39, 0.29) is 5.91 Å². The zero-order valence-electron chi connectivity index (χ0n) is 8.18. The normalized spacial score (nSPS) is 22.6. The molecule has 1 aliphatic carbocycles. The number of amides is 1. The van der Waals surface area contributed by atoms with Crippen molar-refractivity contribution in [2.24, 2.45) is 11.8 Å². The molecule has 1 aliphatic rings. The summed E-state index contributed by atoms with van der Waals surface area (Å²) < 4.78 is 0. The van der Waals surface area contributed by atoms with Gasteiger partial charge in [0.25, 0.3) is 0 Å². The molecule has 0 unspecified atom stereocenters. The van der Waals surface area contributed by atoms with Crippen molar-refractivity contribution < 1.29 is 14.7 Å². The van der Waals surface area contributed by atoms with Crippen molar-refractivity contribution in [3.05, 3.63) is 23.5 Å². The molecule has 2 N–H and O–H groups in total. The third-order valence-corrected chi connectivity index (χ3v) is 2.66. The highest BCUT2D eigenvalue weighted by atomic mass is 35.5. The second kappa shape index (κ2) is 4.09. The van der Waals surface area contributed by atoms with E-state index in [0.717, 1.165) is 0 Å². The van der Waals surface area contributed by atoms with E-state index in [1.54, 1.807) is 12.1 Å². The zero-order chi connectivity index (χ0) is 11.7. The smallest absolute Gasteiger partial charge is 0.307 e. The number of carboxylic acids is 1. The van der Waals surface area contributed by atoms with Gasteiger partial charge in [-0.25, -0.2) is 4.98 Å². The van der Waals surface area contributed by atoms with Gasteiger partial charge < -0.3 is 10.4 Å². The lowest BCUT2D eigenvalue weighted by molar-refractivity contribution is -0.139. The number of carbonyl (C=O) groups is 2. The lowest BCUT2D eigenvalue weighted by Gasteiger charge is -2.03. The lowest BCUT2D eigenvalue weighted by Crippen LogP contribution is -2.16. The van der Waals surface area contributed by atoms with Crippen LogP contribution in [0.3, 0.4) is 0 Å². The fraction of sp³-hybridized carbons (Fsp3) is 0.300.